The first-order valence-electron chi connectivity index (χ1n) is 9.14. The summed E-state index contributed by atoms with van der Waals surface area (Å²) in [4.78, 5) is 39.0. The van der Waals surface area contributed by atoms with Crippen LogP contribution in [-0.2, 0) is 9.59 Å². The Hall–Kier alpha value is -3.28. The van der Waals surface area contributed by atoms with Gasteiger partial charge < -0.3 is 5.32 Å². The molecule has 1 heterocycles. The van der Waals surface area contributed by atoms with Gasteiger partial charge >= 0.3 is 0 Å². The average molecular weight is 378 g/mol. The van der Waals surface area contributed by atoms with E-state index in [2.05, 4.69) is 5.32 Å². The number of carbonyl (C=O) groups is 3. The maximum absolute atomic E-state index is 13.0. The van der Waals surface area contributed by atoms with Gasteiger partial charge in [0.15, 0.2) is 0 Å². The number of halogens is 1. The molecule has 1 N–H and O–H groups in total. The molecule has 0 bridgehead atoms. The fourth-order valence-corrected chi connectivity index (χ4v) is 3.79. The van der Waals surface area contributed by atoms with Crippen LogP contribution >= 0.6 is 0 Å². The van der Waals surface area contributed by atoms with Gasteiger partial charge in [-0.1, -0.05) is 11.6 Å². The highest BCUT2D eigenvalue weighted by Gasteiger charge is 2.48. The van der Waals surface area contributed by atoms with Gasteiger partial charge in [-0.2, -0.15) is 0 Å². The molecule has 1 aliphatic carbocycles. The minimum atomic E-state index is -0.381. The van der Waals surface area contributed by atoms with Crippen molar-refractivity contribution in [3.8, 4) is 0 Å². The van der Waals surface area contributed by atoms with Crippen LogP contribution in [-0.4, -0.2) is 17.7 Å². The Morgan fingerprint density at radius 3 is 2.32 bits per heavy atom. The second kappa shape index (κ2) is 7.03. The lowest BCUT2D eigenvalue weighted by molar-refractivity contribution is -0.122. The smallest absolute Gasteiger partial charge is 0.255 e. The number of fused-ring (bicyclic) bond motifs is 1. The Kier molecular flexibility index (Phi) is 4.55. The third-order valence-corrected chi connectivity index (χ3v) is 5.31. The van der Waals surface area contributed by atoms with Crippen molar-refractivity contribution in [2.45, 2.75) is 19.8 Å². The molecule has 0 radical (unpaired) electrons. The Morgan fingerprint density at radius 2 is 1.64 bits per heavy atom. The summed E-state index contributed by atoms with van der Waals surface area (Å²) in [5.74, 6) is -1.68. The monoisotopic (exact) mass is 378 g/mol. The molecule has 2 atom stereocenters. The highest BCUT2D eigenvalue weighted by Crippen LogP contribution is 2.39. The van der Waals surface area contributed by atoms with Crippen LogP contribution in [0, 0.1) is 17.7 Å². The molecule has 28 heavy (non-hydrogen) atoms. The van der Waals surface area contributed by atoms with E-state index < -0.39 is 0 Å². The maximum atomic E-state index is 13.0. The predicted molar refractivity (Wildman–Crippen MR) is 103 cm³/mol. The Labute approximate surface area is 161 Å². The van der Waals surface area contributed by atoms with Crippen LogP contribution in [0.5, 0.6) is 0 Å². The van der Waals surface area contributed by atoms with E-state index in [4.69, 9.17) is 0 Å². The van der Waals surface area contributed by atoms with Gasteiger partial charge in [-0.15, -0.1) is 0 Å². The highest BCUT2D eigenvalue weighted by molar-refractivity contribution is 6.22. The number of nitrogens with one attached hydrogen (secondary N) is 1. The molecule has 2 aliphatic rings. The molecular formula is C22H19FN2O3. The summed E-state index contributed by atoms with van der Waals surface area (Å²) >= 11 is 0. The van der Waals surface area contributed by atoms with E-state index in [1.165, 1.54) is 29.2 Å². The lowest BCUT2D eigenvalue weighted by Crippen LogP contribution is -2.30. The molecule has 1 saturated heterocycles. The van der Waals surface area contributed by atoms with Gasteiger partial charge in [-0.3, -0.25) is 19.3 Å². The van der Waals surface area contributed by atoms with E-state index in [1.54, 1.807) is 24.3 Å². The molecule has 0 aromatic heterocycles. The van der Waals surface area contributed by atoms with Gasteiger partial charge in [-0.05, 0) is 68.3 Å². The summed E-state index contributed by atoms with van der Waals surface area (Å²) in [7, 11) is 0. The van der Waals surface area contributed by atoms with Crippen molar-refractivity contribution in [3.63, 3.8) is 0 Å². The van der Waals surface area contributed by atoms with Crippen molar-refractivity contribution in [1.82, 2.24) is 0 Å². The molecule has 1 aliphatic heterocycles. The third-order valence-electron chi connectivity index (χ3n) is 5.31. The number of amides is 3. The van der Waals surface area contributed by atoms with E-state index in [0.29, 0.717) is 29.8 Å². The average Bonchev–Trinajstić information content (AvgIpc) is 2.93. The van der Waals surface area contributed by atoms with Crippen molar-refractivity contribution in [2.24, 2.45) is 11.8 Å². The number of nitrogens with zero attached hydrogens (tertiary/aromatic N) is 1. The Morgan fingerprint density at radius 1 is 1.00 bits per heavy atom. The van der Waals surface area contributed by atoms with E-state index in [1.807, 2.05) is 13.0 Å². The second-order valence-corrected chi connectivity index (χ2v) is 7.22. The minimum absolute atomic E-state index is 0.175. The number of hydrogen-bond donors (Lipinski definition) is 1. The number of carbonyl (C=O) groups excluding carboxylic acids is 3. The Balaban J connectivity index is 1.50. The third kappa shape index (κ3) is 3.22. The van der Waals surface area contributed by atoms with Crippen molar-refractivity contribution < 1.29 is 18.8 Å². The fraction of sp³-hybridized carbons (Fsp3) is 0.227. The van der Waals surface area contributed by atoms with Gasteiger partial charge in [0.1, 0.15) is 5.82 Å². The first-order valence-corrected chi connectivity index (χ1v) is 9.14. The molecule has 0 unspecified atom stereocenters. The lowest BCUT2D eigenvalue weighted by Gasteiger charge is -2.18. The molecular weight excluding hydrogens is 359 g/mol. The van der Waals surface area contributed by atoms with Crippen molar-refractivity contribution in [2.75, 3.05) is 10.2 Å². The predicted octanol–water partition coefficient (Wildman–Crippen LogP) is 3.92. The molecule has 3 amide bonds. The zero-order valence-corrected chi connectivity index (χ0v) is 15.3. The van der Waals surface area contributed by atoms with Gasteiger partial charge in [0.25, 0.3) is 5.91 Å². The van der Waals surface area contributed by atoms with Crippen LogP contribution in [0.2, 0.25) is 0 Å². The first kappa shape index (κ1) is 18.1. The number of benzene rings is 2. The molecule has 1 fully saturated rings. The summed E-state index contributed by atoms with van der Waals surface area (Å²) < 4.78 is 13.0. The van der Waals surface area contributed by atoms with Gasteiger partial charge in [-0.25, -0.2) is 4.39 Å². The molecule has 2 aromatic carbocycles. The largest absolute Gasteiger partial charge is 0.322 e. The van der Waals surface area contributed by atoms with E-state index in [0.717, 1.165) is 5.57 Å². The van der Waals surface area contributed by atoms with Crippen LogP contribution in [0.15, 0.2) is 60.2 Å². The highest BCUT2D eigenvalue weighted by atomic mass is 19.1. The molecule has 142 valence electrons. The van der Waals surface area contributed by atoms with Crippen molar-refractivity contribution in [1.29, 1.82) is 0 Å². The topological polar surface area (TPSA) is 66.5 Å². The van der Waals surface area contributed by atoms with Crippen LogP contribution in [0.1, 0.15) is 30.1 Å². The number of imide groups is 1. The quantitative estimate of drug-likeness (QED) is 0.650. The molecule has 0 spiro atoms. The van der Waals surface area contributed by atoms with Gasteiger partial charge in [0.2, 0.25) is 11.8 Å². The standard InChI is InChI=1S/C22H19FN2O3/c1-13-2-11-18-19(12-13)22(28)25(21(18)27)17-9-3-14(4-10-17)20(26)24-16-7-5-15(23)6-8-16/h2-10,18-19H,11-12H2,1H3,(H,24,26)/t18-,19-/m1/s1. The molecule has 2 aromatic rings. The summed E-state index contributed by atoms with van der Waals surface area (Å²) in [5.41, 5.74) is 2.46. The molecule has 5 nitrogen and oxygen atoms in total. The molecule has 0 saturated carbocycles. The number of allylic oxidation sites excluding steroid dienone is 2. The van der Waals surface area contributed by atoms with Crippen LogP contribution in [0.4, 0.5) is 15.8 Å². The minimum Gasteiger partial charge on any atom is -0.322 e. The number of rotatable bonds is 3. The fourth-order valence-electron chi connectivity index (χ4n) is 3.79. The van der Waals surface area contributed by atoms with E-state index in [-0.39, 0.29) is 35.4 Å². The van der Waals surface area contributed by atoms with E-state index in [9.17, 15) is 18.8 Å². The van der Waals surface area contributed by atoms with Crippen molar-refractivity contribution >= 4 is 29.1 Å². The second-order valence-electron chi connectivity index (χ2n) is 7.22. The van der Waals surface area contributed by atoms with E-state index >= 15 is 0 Å². The van der Waals surface area contributed by atoms with Crippen molar-refractivity contribution in [3.05, 3.63) is 71.6 Å². The van der Waals surface area contributed by atoms with Crippen LogP contribution < -0.4 is 10.2 Å². The van der Waals surface area contributed by atoms with Crippen LogP contribution in [0.3, 0.4) is 0 Å². The summed E-state index contributed by atoms with van der Waals surface area (Å²) in [5, 5.41) is 2.68. The zero-order valence-electron chi connectivity index (χ0n) is 15.3. The van der Waals surface area contributed by atoms with Crippen LogP contribution in [0.25, 0.3) is 0 Å². The zero-order chi connectivity index (χ0) is 19.8. The SMILES string of the molecule is CC1=CC[C@H]2C(=O)N(c3ccc(C(=O)Nc4ccc(F)cc4)cc3)C(=O)[C@@H]2C1. The number of anilines is 2. The Bertz CT molecular complexity index is 980. The molecule has 4 rings (SSSR count). The van der Waals surface area contributed by atoms with Gasteiger partial charge in [0.05, 0.1) is 17.5 Å². The summed E-state index contributed by atoms with van der Waals surface area (Å²) in [6.07, 6.45) is 3.23. The summed E-state index contributed by atoms with van der Waals surface area (Å²) in [6, 6.07) is 11.8. The summed E-state index contributed by atoms with van der Waals surface area (Å²) in [6.45, 7) is 1.98. The number of hydrogen-bond acceptors (Lipinski definition) is 3. The maximum Gasteiger partial charge on any atom is 0.255 e. The lowest BCUT2D eigenvalue weighted by atomic mass is 9.82. The normalized spacial score (nSPS) is 21.4. The van der Waals surface area contributed by atoms with Gasteiger partial charge in [0, 0.05) is 11.3 Å². The first-order chi connectivity index (χ1) is 13.4. The molecule has 6 heteroatoms.